The van der Waals surface area contributed by atoms with E-state index < -0.39 is 0 Å². The van der Waals surface area contributed by atoms with Gasteiger partial charge >= 0.3 is 0 Å². The largest absolute Gasteiger partial charge is 0.497 e. The molecule has 1 unspecified atom stereocenters. The van der Waals surface area contributed by atoms with Gasteiger partial charge in [-0.2, -0.15) is 0 Å². The van der Waals surface area contributed by atoms with Crippen LogP contribution in [0.1, 0.15) is 23.2 Å². The first kappa shape index (κ1) is 20.0. The zero-order valence-electron chi connectivity index (χ0n) is 17.7. The lowest BCUT2D eigenvalue weighted by Gasteiger charge is -2.30. The summed E-state index contributed by atoms with van der Waals surface area (Å²) >= 11 is 0. The zero-order valence-corrected chi connectivity index (χ0v) is 17.7. The first-order chi connectivity index (χ1) is 15.2. The molecule has 0 aliphatic carbocycles. The van der Waals surface area contributed by atoms with Crippen LogP contribution in [0.25, 0.3) is 0 Å². The van der Waals surface area contributed by atoms with Gasteiger partial charge in [0.2, 0.25) is 0 Å². The Hall–Kier alpha value is -2.93. The summed E-state index contributed by atoms with van der Waals surface area (Å²) in [6, 6.07) is 13.0. The molecular formula is C24H28N2O5. The van der Waals surface area contributed by atoms with Crippen LogP contribution in [0.4, 0.5) is 0 Å². The molecule has 7 nitrogen and oxygen atoms in total. The van der Waals surface area contributed by atoms with Gasteiger partial charge in [0, 0.05) is 24.7 Å². The van der Waals surface area contributed by atoms with E-state index in [0.29, 0.717) is 36.2 Å². The van der Waals surface area contributed by atoms with E-state index in [-0.39, 0.29) is 18.1 Å². The molecule has 7 heteroatoms. The fourth-order valence-electron chi connectivity index (χ4n) is 4.63. The van der Waals surface area contributed by atoms with Crippen LogP contribution in [-0.2, 0) is 0 Å². The van der Waals surface area contributed by atoms with E-state index in [1.165, 1.54) is 13.0 Å². The van der Waals surface area contributed by atoms with Gasteiger partial charge in [-0.05, 0) is 67.8 Å². The Kier molecular flexibility index (Phi) is 5.59. The van der Waals surface area contributed by atoms with Crippen LogP contribution in [0.5, 0.6) is 23.0 Å². The van der Waals surface area contributed by atoms with Crippen molar-refractivity contribution < 1.29 is 23.7 Å². The Morgan fingerprint density at radius 1 is 1.13 bits per heavy atom. The molecule has 1 amide bonds. The molecule has 0 spiro atoms. The quantitative estimate of drug-likeness (QED) is 0.769. The summed E-state index contributed by atoms with van der Waals surface area (Å²) in [7, 11) is 1.63. The molecule has 3 heterocycles. The number of amides is 1. The summed E-state index contributed by atoms with van der Waals surface area (Å²) < 4.78 is 22.9. The highest BCUT2D eigenvalue weighted by molar-refractivity contribution is 5.95. The maximum absolute atomic E-state index is 12.8. The third-order valence-electron chi connectivity index (χ3n) is 6.22. The first-order valence-electron chi connectivity index (χ1n) is 10.9. The summed E-state index contributed by atoms with van der Waals surface area (Å²) in [5.41, 5.74) is 0.590. The van der Waals surface area contributed by atoms with Crippen LogP contribution >= 0.6 is 0 Å². The molecule has 2 fully saturated rings. The van der Waals surface area contributed by atoms with Gasteiger partial charge in [0.05, 0.1) is 7.11 Å². The first-order valence-corrected chi connectivity index (χ1v) is 10.9. The average molecular weight is 424 g/mol. The fraction of sp³-hybridized carbons (Fsp3) is 0.458. The van der Waals surface area contributed by atoms with Crippen LogP contribution in [0.15, 0.2) is 42.5 Å². The predicted molar refractivity (Wildman–Crippen MR) is 115 cm³/mol. The minimum Gasteiger partial charge on any atom is -0.497 e. The highest BCUT2D eigenvalue weighted by Gasteiger charge is 2.33. The lowest BCUT2D eigenvalue weighted by molar-refractivity contribution is 0.0533. The SMILES string of the molecule is COc1ccc(OC[C@@H]2COc3ccc(C(=O)N[C@@H]4C[C@H]5CCN(C5)C4)cc3O2)cc1. The zero-order chi connectivity index (χ0) is 21.2. The van der Waals surface area contributed by atoms with E-state index in [2.05, 4.69) is 10.2 Å². The number of piperidine rings is 1. The lowest BCUT2D eigenvalue weighted by Crippen LogP contribution is -2.47. The summed E-state index contributed by atoms with van der Waals surface area (Å²) in [5.74, 6) is 3.40. The predicted octanol–water partition coefficient (Wildman–Crippen LogP) is 2.74. The molecule has 2 aromatic rings. The van der Waals surface area contributed by atoms with Crippen LogP contribution in [0, 0.1) is 5.92 Å². The van der Waals surface area contributed by atoms with Crippen LogP contribution < -0.4 is 24.3 Å². The molecule has 0 saturated carbocycles. The Labute approximate surface area is 182 Å². The fourth-order valence-corrected chi connectivity index (χ4v) is 4.63. The van der Waals surface area contributed by atoms with Gasteiger partial charge in [-0.15, -0.1) is 0 Å². The molecule has 164 valence electrons. The monoisotopic (exact) mass is 424 g/mol. The van der Waals surface area contributed by atoms with Gasteiger partial charge in [-0.25, -0.2) is 0 Å². The van der Waals surface area contributed by atoms with Gasteiger partial charge in [-0.1, -0.05) is 0 Å². The van der Waals surface area contributed by atoms with E-state index in [1.54, 1.807) is 25.3 Å². The van der Waals surface area contributed by atoms with Crippen molar-refractivity contribution in [3.05, 3.63) is 48.0 Å². The van der Waals surface area contributed by atoms with E-state index in [9.17, 15) is 4.79 Å². The summed E-state index contributed by atoms with van der Waals surface area (Å²) in [4.78, 5) is 15.3. The van der Waals surface area contributed by atoms with Crippen molar-refractivity contribution >= 4 is 5.91 Å². The van der Waals surface area contributed by atoms with Crippen molar-refractivity contribution in [2.75, 3.05) is 40.0 Å². The number of rotatable bonds is 6. The van der Waals surface area contributed by atoms with Gasteiger partial charge in [0.25, 0.3) is 5.91 Å². The van der Waals surface area contributed by atoms with Gasteiger partial charge < -0.3 is 29.2 Å². The molecule has 2 saturated heterocycles. The molecule has 3 aliphatic heterocycles. The van der Waals surface area contributed by atoms with Crippen LogP contribution in [0.2, 0.25) is 0 Å². The van der Waals surface area contributed by atoms with Crippen molar-refractivity contribution in [3.63, 3.8) is 0 Å². The van der Waals surface area contributed by atoms with E-state index in [4.69, 9.17) is 18.9 Å². The normalized spacial score (nSPS) is 26.2. The summed E-state index contributed by atoms with van der Waals surface area (Å²) in [5, 5.41) is 3.20. The molecule has 0 aromatic heterocycles. The minimum absolute atomic E-state index is 0.0597. The maximum atomic E-state index is 12.8. The topological polar surface area (TPSA) is 69.3 Å². The second kappa shape index (κ2) is 8.67. The van der Waals surface area contributed by atoms with Crippen molar-refractivity contribution in [1.82, 2.24) is 10.2 Å². The Balaban J connectivity index is 1.18. The van der Waals surface area contributed by atoms with Crippen molar-refractivity contribution in [2.24, 2.45) is 5.92 Å². The number of hydrogen-bond donors (Lipinski definition) is 1. The van der Waals surface area contributed by atoms with Crippen molar-refractivity contribution in [3.8, 4) is 23.0 Å². The lowest BCUT2D eigenvalue weighted by atomic mass is 9.96. The van der Waals surface area contributed by atoms with Gasteiger partial charge in [0.1, 0.15) is 24.7 Å². The molecule has 2 aromatic carbocycles. The number of benzene rings is 2. The molecular weight excluding hydrogens is 396 g/mol. The summed E-state index contributed by atoms with van der Waals surface area (Å²) in [6.45, 7) is 4.02. The van der Waals surface area contributed by atoms with Gasteiger partial charge in [0.15, 0.2) is 17.6 Å². The molecule has 1 N–H and O–H groups in total. The highest BCUT2D eigenvalue weighted by atomic mass is 16.6. The number of nitrogens with one attached hydrogen (secondary N) is 1. The molecule has 4 atom stereocenters. The average Bonchev–Trinajstić information content (AvgIpc) is 3.15. The minimum atomic E-state index is -0.255. The Morgan fingerprint density at radius 3 is 2.77 bits per heavy atom. The molecule has 0 radical (unpaired) electrons. The maximum Gasteiger partial charge on any atom is 0.251 e. The van der Waals surface area contributed by atoms with E-state index in [1.807, 2.05) is 24.3 Å². The van der Waals surface area contributed by atoms with Crippen LogP contribution in [0.3, 0.4) is 0 Å². The highest BCUT2D eigenvalue weighted by Crippen LogP contribution is 2.33. The van der Waals surface area contributed by atoms with Crippen LogP contribution in [-0.4, -0.2) is 62.9 Å². The second-order valence-corrected chi connectivity index (χ2v) is 8.52. The number of fused-ring (bicyclic) bond motifs is 3. The third-order valence-corrected chi connectivity index (χ3v) is 6.22. The molecule has 5 rings (SSSR count). The number of carbonyl (C=O) groups excluding carboxylic acids is 1. The number of methoxy groups -OCH3 is 1. The van der Waals surface area contributed by atoms with Crippen molar-refractivity contribution in [1.29, 1.82) is 0 Å². The third kappa shape index (κ3) is 4.56. The smallest absolute Gasteiger partial charge is 0.251 e. The molecule has 31 heavy (non-hydrogen) atoms. The second-order valence-electron chi connectivity index (χ2n) is 8.52. The number of nitrogens with zero attached hydrogens (tertiary/aromatic N) is 1. The number of carbonyl (C=O) groups is 1. The van der Waals surface area contributed by atoms with E-state index >= 15 is 0 Å². The standard InChI is InChI=1S/C24H28N2O5/c1-28-19-3-5-20(6-4-19)29-14-21-15-30-22-7-2-17(11-23(22)31-21)24(27)25-18-10-16-8-9-26(12-16)13-18/h2-7,11,16,18,21H,8-10,12-15H2,1H3,(H,25,27)/t16-,18-,21-/m1/s1. The van der Waals surface area contributed by atoms with Gasteiger partial charge in [-0.3, -0.25) is 4.79 Å². The Bertz CT molecular complexity index is 920. The van der Waals surface area contributed by atoms with Crippen molar-refractivity contribution in [2.45, 2.75) is 25.0 Å². The molecule has 3 aliphatic rings. The molecule has 2 bridgehead atoms. The number of hydrogen-bond acceptors (Lipinski definition) is 6. The summed E-state index contributed by atoms with van der Waals surface area (Å²) in [6.07, 6.45) is 2.06. The number of ether oxygens (including phenoxy) is 4. The van der Waals surface area contributed by atoms with E-state index in [0.717, 1.165) is 31.0 Å². The Morgan fingerprint density at radius 2 is 1.97 bits per heavy atom.